The van der Waals surface area contributed by atoms with E-state index in [9.17, 15) is 0 Å². The highest BCUT2D eigenvalue weighted by molar-refractivity contribution is 6.74. The summed E-state index contributed by atoms with van der Waals surface area (Å²) in [6.07, 6.45) is 0. The highest BCUT2D eigenvalue weighted by atomic mass is 28.4. The maximum Gasteiger partial charge on any atom is 0.217 e. The van der Waals surface area contributed by atoms with E-state index in [-0.39, 0.29) is 0 Å². The largest absolute Gasteiger partial charge is 0.412 e. The van der Waals surface area contributed by atoms with Gasteiger partial charge in [0.15, 0.2) is 0 Å². The van der Waals surface area contributed by atoms with Crippen LogP contribution in [0.3, 0.4) is 0 Å². The molecule has 0 aliphatic carbocycles. The fourth-order valence-electron chi connectivity index (χ4n) is 0.837. The standard InChI is InChI=1S/C5H12O2Si/c1-6-5-4-7-8(5,2)3/h5H,4H2,1-3H3. The second kappa shape index (κ2) is 1.82. The van der Waals surface area contributed by atoms with Crippen molar-refractivity contribution in [1.29, 1.82) is 0 Å². The first-order valence-corrected chi connectivity index (χ1v) is 5.82. The van der Waals surface area contributed by atoms with Crippen LogP contribution in [-0.2, 0) is 9.16 Å². The van der Waals surface area contributed by atoms with E-state index in [2.05, 4.69) is 13.1 Å². The third-order valence-electron chi connectivity index (χ3n) is 1.67. The second-order valence-electron chi connectivity index (χ2n) is 2.64. The molecular formula is C5H12O2Si. The summed E-state index contributed by atoms with van der Waals surface area (Å²) in [5.41, 5.74) is 0.447. The predicted molar refractivity (Wildman–Crippen MR) is 34.2 cm³/mol. The number of ether oxygens (including phenoxy) is 1. The van der Waals surface area contributed by atoms with Crippen LogP contribution in [0.1, 0.15) is 0 Å². The van der Waals surface area contributed by atoms with E-state index < -0.39 is 8.32 Å². The molecule has 0 bridgehead atoms. The Morgan fingerprint density at radius 1 is 1.62 bits per heavy atom. The molecule has 0 amide bonds. The van der Waals surface area contributed by atoms with Gasteiger partial charge in [-0.3, -0.25) is 0 Å². The average Bonchev–Trinajstić information content (AvgIpc) is 1.66. The summed E-state index contributed by atoms with van der Waals surface area (Å²) in [6, 6.07) is 0. The SMILES string of the molecule is COC1CO[Si]1(C)C. The molecule has 1 heterocycles. The molecule has 0 aromatic carbocycles. The fourth-order valence-corrected chi connectivity index (χ4v) is 2.37. The Morgan fingerprint density at radius 2 is 2.25 bits per heavy atom. The first-order chi connectivity index (χ1) is 3.67. The number of hydrogen-bond acceptors (Lipinski definition) is 2. The van der Waals surface area contributed by atoms with Gasteiger partial charge in [0.25, 0.3) is 0 Å². The van der Waals surface area contributed by atoms with Gasteiger partial charge in [0.05, 0.1) is 12.3 Å². The van der Waals surface area contributed by atoms with Gasteiger partial charge in [0.2, 0.25) is 8.32 Å². The molecule has 0 radical (unpaired) electrons. The molecule has 1 atom stereocenters. The minimum Gasteiger partial charge on any atom is -0.412 e. The molecule has 8 heavy (non-hydrogen) atoms. The molecule has 48 valence electrons. The van der Waals surface area contributed by atoms with Gasteiger partial charge in [-0.05, 0) is 13.1 Å². The monoisotopic (exact) mass is 132 g/mol. The van der Waals surface area contributed by atoms with Crippen LogP contribution in [0.25, 0.3) is 0 Å². The molecule has 1 unspecified atom stereocenters. The van der Waals surface area contributed by atoms with Crippen molar-refractivity contribution in [2.24, 2.45) is 0 Å². The van der Waals surface area contributed by atoms with Crippen molar-refractivity contribution < 1.29 is 9.16 Å². The summed E-state index contributed by atoms with van der Waals surface area (Å²) < 4.78 is 10.5. The number of hydrogen-bond donors (Lipinski definition) is 0. The van der Waals surface area contributed by atoms with Gasteiger partial charge < -0.3 is 9.16 Å². The molecule has 0 N–H and O–H groups in total. The minimum absolute atomic E-state index is 0.447. The van der Waals surface area contributed by atoms with E-state index >= 15 is 0 Å². The van der Waals surface area contributed by atoms with E-state index in [0.717, 1.165) is 6.61 Å². The van der Waals surface area contributed by atoms with Gasteiger partial charge in [0.1, 0.15) is 0 Å². The summed E-state index contributed by atoms with van der Waals surface area (Å²) in [6.45, 7) is 5.16. The topological polar surface area (TPSA) is 18.5 Å². The molecule has 1 saturated heterocycles. The molecule has 0 spiro atoms. The molecule has 3 heteroatoms. The van der Waals surface area contributed by atoms with Crippen LogP contribution in [0.2, 0.25) is 13.1 Å². The summed E-state index contributed by atoms with van der Waals surface area (Å²) in [4.78, 5) is 0. The van der Waals surface area contributed by atoms with Crippen molar-refractivity contribution in [3.8, 4) is 0 Å². The highest BCUT2D eigenvalue weighted by Crippen LogP contribution is 2.22. The van der Waals surface area contributed by atoms with E-state index in [1.165, 1.54) is 0 Å². The average molecular weight is 132 g/mol. The van der Waals surface area contributed by atoms with Crippen LogP contribution in [-0.4, -0.2) is 27.8 Å². The van der Waals surface area contributed by atoms with Crippen LogP contribution in [0.5, 0.6) is 0 Å². The molecule has 2 nitrogen and oxygen atoms in total. The third-order valence-corrected chi connectivity index (χ3v) is 4.53. The van der Waals surface area contributed by atoms with Crippen LogP contribution >= 0.6 is 0 Å². The first-order valence-electron chi connectivity index (χ1n) is 2.83. The van der Waals surface area contributed by atoms with E-state index in [4.69, 9.17) is 9.16 Å². The lowest BCUT2D eigenvalue weighted by Gasteiger charge is -2.40. The van der Waals surface area contributed by atoms with Crippen molar-refractivity contribution in [2.75, 3.05) is 13.7 Å². The summed E-state index contributed by atoms with van der Waals surface area (Å²) in [7, 11) is 0.450. The van der Waals surface area contributed by atoms with E-state index in [1.54, 1.807) is 7.11 Å². The quantitative estimate of drug-likeness (QED) is 0.491. The zero-order valence-electron chi connectivity index (χ0n) is 5.60. The zero-order valence-corrected chi connectivity index (χ0v) is 6.60. The molecule has 0 aromatic heterocycles. The summed E-state index contributed by atoms with van der Waals surface area (Å²) in [5.74, 6) is 0. The first kappa shape index (κ1) is 6.26. The fraction of sp³-hybridized carbons (Fsp3) is 1.00. The van der Waals surface area contributed by atoms with Gasteiger partial charge in [-0.2, -0.15) is 0 Å². The molecule has 0 saturated carbocycles. The minimum atomic E-state index is -1.30. The molecule has 1 rings (SSSR count). The normalized spacial score (nSPS) is 34.1. The van der Waals surface area contributed by atoms with Gasteiger partial charge in [0, 0.05) is 7.11 Å². The van der Waals surface area contributed by atoms with Gasteiger partial charge >= 0.3 is 0 Å². The lowest BCUT2D eigenvalue weighted by atomic mass is 10.8. The van der Waals surface area contributed by atoms with Crippen LogP contribution in [0, 0.1) is 0 Å². The van der Waals surface area contributed by atoms with Crippen molar-refractivity contribution in [3.63, 3.8) is 0 Å². The highest BCUT2D eigenvalue weighted by Gasteiger charge is 2.43. The van der Waals surface area contributed by atoms with Gasteiger partial charge in [-0.1, -0.05) is 0 Å². The van der Waals surface area contributed by atoms with Gasteiger partial charge in [-0.25, -0.2) is 0 Å². The Hall–Kier alpha value is 0.137. The van der Waals surface area contributed by atoms with Crippen molar-refractivity contribution in [3.05, 3.63) is 0 Å². The Morgan fingerprint density at radius 3 is 2.25 bits per heavy atom. The Labute approximate surface area is 50.9 Å². The maximum absolute atomic E-state index is 5.34. The lowest BCUT2D eigenvalue weighted by molar-refractivity contribution is 0.0335. The maximum atomic E-state index is 5.34. The molecule has 1 fully saturated rings. The molecular weight excluding hydrogens is 120 g/mol. The Balaban J connectivity index is 2.37. The van der Waals surface area contributed by atoms with Crippen LogP contribution in [0.15, 0.2) is 0 Å². The predicted octanol–water partition coefficient (Wildman–Crippen LogP) is 0.776. The zero-order chi connectivity index (χ0) is 6.20. The van der Waals surface area contributed by atoms with Crippen LogP contribution in [0.4, 0.5) is 0 Å². The Kier molecular flexibility index (Phi) is 1.43. The Bertz CT molecular complexity index is 90.4. The molecule has 0 aromatic rings. The van der Waals surface area contributed by atoms with Gasteiger partial charge in [-0.15, -0.1) is 0 Å². The second-order valence-corrected chi connectivity index (χ2v) is 6.78. The smallest absolute Gasteiger partial charge is 0.217 e. The van der Waals surface area contributed by atoms with E-state index in [1.807, 2.05) is 0 Å². The van der Waals surface area contributed by atoms with Crippen LogP contribution < -0.4 is 0 Å². The summed E-state index contributed by atoms with van der Waals surface area (Å²) >= 11 is 0. The third kappa shape index (κ3) is 0.810. The number of rotatable bonds is 1. The lowest BCUT2D eigenvalue weighted by Crippen LogP contribution is -2.59. The van der Waals surface area contributed by atoms with E-state index in [0.29, 0.717) is 5.73 Å². The van der Waals surface area contributed by atoms with Crippen molar-refractivity contribution in [2.45, 2.75) is 18.8 Å². The van der Waals surface area contributed by atoms with Crippen molar-refractivity contribution >= 4 is 8.32 Å². The summed E-state index contributed by atoms with van der Waals surface area (Å²) in [5, 5.41) is 0. The van der Waals surface area contributed by atoms with Crippen molar-refractivity contribution in [1.82, 2.24) is 0 Å². The molecule has 1 aliphatic heterocycles. The molecule has 1 aliphatic rings. The number of methoxy groups -OCH3 is 1.